The molecule has 27 heavy (non-hydrogen) atoms. The first-order valence-corrected chi connectivity index (χ1v) is 11.8. The van der Waals surface area contributed by atoms with Crippen LogP contribution in [-0.2, 0) is 21.1 Å². The summed E-state index contributed by atoms with van der Waals surface area (Å²) in [5.41, 5.74) is 1.09. The minimum atomic E-state index is -3.46. The van der Waals surface area contributed by atoms with E-state index in [1.807, 2.05) is 0 Å². The molecular formula is C17H29Cl2N3O3S2. The standard InChI is InChI=1S/C17H27N3O3S2.2ClH/c1-3-14-12-24-15(19-14)13-5-4-10-20(11-13)16(21)17(25(2,22)23)6-8-18-9-7-17;;/h12-13,18H,3-11H2,1-2H3;2*1H. The lowest BCUT2D eigenvalue weighted by atomic mass is 9.92. The zero-order valence-electron chi connectivity index (χ0n) is 15.8. The molecule has 0 saturated carbocycles. The summed E-state index contributed by atoms with van der Waals surface area (Å²) < 4.78 is 23.7. The van der Waals surface area contributed by atoms with Gasteiger partial charge in [-0.25, -0.2) is 13.4 Å². The third-order valence-electron chi connectivity index (χ3n) is 5.50. The number of aryl methyl sites for hydroxylation is 1. The average Bonchev–Trinajstić information content (AvgIpc) is 3.10. The minimum absolute atomic E-state index is 0. The van der Waals surface area contributed by atoms with Crippen molar-refractivity contribution in [1.82, 2.24) is 15.2 Å². The number of thiazole rings is 1. The first-order chi connectivity index (χ1) is 11.9. The van der Waals surface area contributed by atoms with Gasteiger partial charge in [-0.3, -0.25) is 4.79 Å². The smallest absolute Gasteiger partial charge is 0.244 e. The van der Waals surface area contributed by atoms with E-state index in [1.165, 1.54) is 6.26 Å². The molecule has 2 fully saturated rings. The van der Waals surface area contributed by atoms with Crippen molar-refractivity contribution in [2.24, 2.45) is 0 Å². The molecule has 2 aliphatic rings. The molecule has 6 nitrogen and oxygen atoms in total. The molecule has 0 radical (unpaired) electrons. The van der Waals surface area contributed by atoms with Crippen molar-refractivity contribution in [2.75, 3.05) is 32.4 Å². The number of rotatable bonds is 4. The first-order valence-electron chi connectivity index (χ1n) is 9.01. The van der Waals surface area contributed by atoms with Crippen molar-refractivity contribution >= 4 is 51.9 Å². The summed E-state index contributed by atoms with van der Waals surface area (Å²) in [5.74, 6) is 0.0230. The topological polar surface area (TPSA) is 79.4 Å². The molecule has 2 saturated heterocycles. The molecule has 0 aromatic carbocycles. The summed E-state index contributed by atoms with van der Waals surface area (Å²) in [5, 5.41) is 6.33. The second-order valence-corrected chi connectivity index (χ2v) is 10.4. The maximum atomic E-state index is 13.3. The van der Waals surface area contributed by atoms with E-state index in [0.29, 0.717) is 39.0 Å². The van der Waals surface area contributed by atoms with Crippen molar-refractivity contribution in [1.29, 1.82) is 0 Å². The molecule has 2 aliphatic heterocycles. The second-order valence-electron chi connectivity index (χ2n) is 7.14. The third kappa shape index (κ3) is 4.96. The van der Waals surface area contributed by atoms with Gasteiger partial charge in [-0.15, -0.1) is 36.2 Å². The Hall–Kier alpha value is -0.410. The predicted molar refractivity (Wildman–Crippen MR) is 114 cm³/mol. The lowest BCUT2D eigenvalue weighted by Crippen LogP contribution is -2.59. The molecule has 0 aliphatic carbocycles. The van der Waals surface area contributed by atoms with E-state index >= 15 is 0 Å². The molecule has 156 valence electrons. The third-order valence-corrected chi connectivity index (χ3v) is 8.56. The lowest BCUT2D eigenvalue weighted by molar-refractivity contribution is -0.136. The fraction of sp³-hybridized carbons (Fsp3) is 0.765. The van der Waals surface area contributed by atoms with Gasteiger partial charge in [0.2, 0.25) is 5.91 Å². The van der Waals surface area contributed by atoms with Gasteiger partial charge < -0.3 is 10.2 Å². The van der Waals surface area contributed by atoms with Crippen molar-refractivity contribution < 1.29 is 13.2 Å². The molecule has 1 atom stereocenters. The number of piperidine rings is 2. The zero-order chi connectivity index (χ0) is 18.1. The van der Waals surface area contributed by atoms with Gasteiger partial charge in [0, 0.05) is 30.6 Å². The highest BCUT2D eigenvalue weighted by atomic mass is 35.5. The summed E-state index contributed by atoms with van der Waals surface area (Å²) in [6, 6.07) is 0. The van der Waals surface area contributed by atoms with Crippen LogP contribution in [0.15, 0.2) is 5.38 Å². The number of amides is 1. The van der Waals surface area contributed by atoms with Crippen molar-refractivity contribution in [3.05, 3.63) is 16.1 Å². The highest BCUT2D eigenvalue weighted by Gasteiger charge is 2.51. The number of likely N-dealkylation sites (tertiary alicyclic amines) is 1. The van der Waals surface area contributed by atoms with Gasteiger partial charge >= 0.3 is 0 Å². The van der Waals surface area contributed by atoms with E-state index in [2.05, 4.69) is 22.6 Å². The SMILES string of the molecule is CCc1csc(C2CCCN(C(=O)C3(S(C)(=O)=O)CCNCC3)C2)n1.Cl.Cl. The average molecular weight is 458 g/mol. The molecule has 0 bridgehead atoms. The number of nitrogens with zero attached hydrogens (tertiary/aromatic N) is 2. The van der Waals surface area contributed by atoms with E-state index in [-0.39, 0.29) is 36.6 Å². The Bertz CT molecular complexity index is 734. The Kier molecular flexibility index (Phi) is 9.00. The van der Waals surface area contributed by atoms with Gasteiger partial charge in [0.05, 0.1) is 10.7 Å². The molecule has 1 N–H and O–H groups in total. The van der Waals surface area contributed by atoms with Crippen LogP contribution in [0.1, 0.15) is 49.2 Å². The van der Waals surface area contributed by atoms with Crippen molar-refractivity contribution in [3.8, 4) is 0 Å². The monoisotopic (exact) mass is 457 g/mol. The molecule has 1 amide bonds. The highest BCUT2D eigenvalue weighted by Crippen LogP contribution is 2.34. The summed E-state index contributed by atoms with van der Waals surface area (Å²) in [6.45, 7) is 4.46. The number of sulfone groups is 1. The van der Waals surface area contributed by atoms with Gasteiger partial charge in [0.1, 0.15) is 0 Å². The van der Waals surface area contributed by atoms with Crippen LogP contribution in [0.2, 0.25) is 0 Å². The predicted octanol–water partition coefficient (Wildman–Crippen LogP) is 2.42. The number of carbonyl (C=O) groups is 1. The van der Waals surface area contributed by atoms with Crippen LogP contribution in [-0.4, -0.2) is 61.4 Å². The Morgan fingerprint density at radius 2 is 2.04 bits per heavy atom. The van der Waals surface area contributed by atoms with E-state index in [4.69, 9.17) is 0 Å². The van der Waals surface area contributed by atoms with Crippen LogP contribution in [0.5, 0.6) is 0 Å². The van der Waals surface area contributed by atoms with Gasteiger partial charge in [-0.2, -0.15) is 0 Å². The van der Waals surface area contributed by atoms with E-state index in [9.17, 15) is 13.2 Å². The minimum Gasteiger partial charge on any atom is -0.341 e. The Labute approximate surface area is 178 Å². The fourth-order valence-electron chi connectivity index (χ4n) is 3.90. The van der Waals surface area contributed by atoms with Crippen LogP contribution >= 0.6 is 36.2 Å². The van der Waals surface area contributed by atoms with Gasteiger partial charge in [-0.1, -0.05) is 6.92 Å². The van der Waals surface area contributed by atoms with Gasteiger partial charge in [0.15, 0.2) is 14.6 Å². The lowest BCUT2D eigenvalue weighted by Gasteiger charge is -2.41. The molecule has 1 aromatic rings. The highest BCUT2D eigenvalue weighted by molar-refractivity contribution is 7.92. The van der Waals surface area contributed by atoms with Crippen LogP contribution in [0.4, 0.5) is 0 Å². The normalized spacial score (nSPS) is 22.4. The van der Waals surface area contributed by atoms with Gasteiger partial charge in [0.25, 0.3) is 0 Å². The maximum absolute atomic E-state index is 13.3. The second kappa shape index (κ2) is 9.87. The van der Waals surface area contributed by atoms with Crippen molar-refractivity contribution in [2.45, 2.75) is 49.7 Å². The number of halogens is 2. The van der Waals surface area contributed by atoms with E-state index in [0.717, 1.165) is 30.0 Å². The number of aromatic nitrogens is 1. The van der Waals surface area contributed by atoms with Gasteiger partial charge in [-0.05, 0) is 45.2 Å². The van der Waals surface area contributed by atoms with Crippen LogP contribution in [0, 0.1) is 0 Å². The zero-order valence-corrected chi connectivity index (χ0v) is 19.0. The maximum Gasteiger partial charge on any atom is 0.244 e. The Balaban J connectivity index is 0.00000182. The van der Waals surface area contributed by atoms with Crippen molar-refractivity contribution in [3.63, 3.8) is 0 Å². The largest absolute Gasteiger partial charge is 0.341 e. The summed E-state index contributed by atoms with van der Waals surface area (Å²) >= 11 is 1.66. The number of nitrogens with one attached hydrogen (secondary N) is 1. The molecule has 0 spiro atoms. The molecule has 10 heteroatoms. The molecule has 3 heterocycles. The Morgan fingerprint density at radius 3 is 2.59 bits per heavy atom. The summed E-state index contributed by atoms with van der Waals surface area (Å²) in [4.78, 5) is 19.7. The first kappa shape index (κ1) is 24.6. The molecular weight excluding hydrogens is 429 g/mol. The summed E-state index contributed by atoms with van der Waals surface area (Å²) in [6.07, 6.45) is 4.76. The number of hydrogen-bond acceptors (Lipinski definition) is 6. The van der Waals surface area contributed by atoms with Crippen LogP contribution < -0.4 is 5.32 Å². The van der Waals surface area contributed by atoms with Crippen LogP contribution in [0.3, 0.4) is 0 Å². The van der Waals surface area contributed by atoms with E-state index < -0.39 is 14.6 Å². The van der Waals surface area contributed by atoms with Crippen LogP contribution in [0.25, 0.3) is 0 Å². The molecule has 1 aromatic heterocycles. The van der Waals surface area contributed by atoms with E-state index in [1.54, 1.807) is 16.2 Å². The number of carbonyl (C=O) groups excluding carboxylic acids is 1. The quantitative estimate of drug-likeness (QED) is 0.750. The summed E-state index contributed by atoms with van der Waals surface area (Å²) in [7, 11) is -3.46. The fourth-order valence-corrected chi connectivity index (χ4v) is 6.32. The molecule has 1 unspecified atom stereocenters. The number of hydrogen-bond donors (Lipinski definition) is 1. The molecule has 3 rings (SSSR count). The Morgan fingerprint density at radius 1 is 1.37 bits per heavy atom.